The number of hydrogen-bond acceptors (Lipinski definition) is 2. The molecule has 2 rings (SSSR count). The van der Waals surface area contributed by atoms with E-state index in [2.05, 4.69) is 5.32 Å². The highest BCUT2D eigenvalue weighted by Gasteiger charge is 2.46. The first-order valence-electron chi connectivity index (χ1n) is 7.15. The van der Waals surface area contributed by atoms with Gasteiger partial charge >= 0.3 is 5.97 Å². The highest BCUT2D eigenvalue weighted by atomic mass is 16.4. The van der Waals surface area contributed by atoms with Gasteiger partial charge in [0.2, 0.25) is 5.91 Å². The molecular weight excluding hydrogens is 230 g/mol. The standard InChI is InChI=1S/C14H23NO3/c16-12(10-14(13(17)18)8-5-9-14)15-11-6-3-1-2-4-7-11/h11H,1-10H2,(H,15,16)(H,17,18). The second-order valence-electron chi connectivity index (χ2n) is 5.87. The van der Waals surface area contributed by atoms with Crippen LogP contribution in [-0.4, -0.2) is 23.0 Å². The van der Waals surface area contributed by atoms with Gasteiger partial charge in [0.25, 0.3) is 0 Å². The number of carbonyl (C=O) groups is 2. The summed E-state index contributed by atoms with van der Waals surface area (Å²) in [5, 5.41) is 12.2. The molecule has 0 unspecified atom stereocenters. The molecule has 0 spiro atoms. The average Bonchev–Trinajstić information content (AvgIpc) is 2.51. The Morgan fingerprint density at radius 1 is 1.06 bits per heavy atom. The monoisotopic (exact) mass is 253 g/mol. The van der Waals surface area contributed by atoms with Crippen LogP contribution in [0.2, 0.25) is 0 Å². The molecule has 0 aromatic heterocycles. The number of carboxylic acid groups (broad SMARTS) is 1. The molecule has 2 fully saturated rings. The molecule has 0 aromatic carbocycles. The summed E-state index contributed by atoms with van der Waals surface area (Å²) < 4.78 is 0. The van der Waals surface area contributed by atoms with E-state index in [-0.39, 0.29) is 18.4 Å². The van der Waals surface area contributed by atoms with E-state index in [4.69, 9.17) is 0 Å². The van der Waals surface area contributed by atoms with Gasteiger partial charge in [-0.15, -0.1) is 0 Å². The van der Waals surface area contributed by atoms with Gasteiger partial charge < -0.3 is 10.4 Å². The Morgan fingerprint density at radius 2 is 1.67 bits per heavy atom. The quantitative estimate of drug-likeness (QED) is 0.756. The summed E-state index contributed by atoms with van der Waals surface area (Å²) in [6, 6.07) is 0.269. The molecule has 102 valence electrons. The van der Waals surface area contributed by atoms with Crippen LogP contribution in [0, 0.1) is 5.41 Å². The van der Waals surface area contributed by atoms with Crippen LogP contribution in [0.25, 0.3) is 0 Å². The van der Waals surface area contributed by atoms with Crippen LogP contribution in [0.15, 0.2) is 0 Å². The zero-order valence-corrected chi connectivity index (χ0v) is 10.9. The van der Waals surface area contributed by atoms with Gasteiger partial charge in [-0.25, -0.2) is 0 Å². The van der Waals surface area contributed by atoms with E-state index in [1.165, 1.54) is 25.7 Å². The summed E-state index contributed by atoms with van der Waals surface area (Å²) in [5.41, 5.74) is -0.755. The van der Waals surface area contributed by atoms with Crippen LogP contribution in [0.3, 0.4) is 0 Å². The molecule has 0 aliphatic heterocycles. The smallest absolute Gasteiger partial charge is 0.310 e. The first-order chi connectivity index (χ1) is 8.62. The van der Waals surface area contributed by atoms with Crippen molar-refractivity contribution < 1.29 is 14.7 Å². The fourth-order valence-corrected chi connectivity index (χ4v) is 3.08. The van der Waals surface area contributed by atoms with Crippen molar-refractivity contribution in [2.45, 2.75) is 70.3 Å². The predicted octanol–water partition coefficient (Wildman–Crippen LogP) is 2.47. The second-order valence-corrected chi connectivity index (χ2v) is 5.87. The number of carbonyl (C=O) groups excluding carboxylic acids is 1. The molecule has 18 heavy (non-hydrogen) atoms. The minimum atomic E-state index is -0.801. The second kappa shape index (κ2) is 5.72. The van der Waals surface area contributed by atoms with Crippen LogP contribution < -0.4 is 5.32 Å². The molecule has 0 saturated heterocycles. The van der Waals surface area contributed by atoms with Crippen LogP contribution >= 0.6 is 0 Å². The Morgan fingerprint density at radius 3 is 2.11 bits per heavy atom. The largest absolute Gasteiger partial charge is 0.481 e. The molecule has 0 atom stereocenters. The lowest BCUT2D eigenvalue weighted by molar-refractivity contribution is -0.157. The van der Waals surface area contributed by atoms with Crippen molar-refractivity contribution in [1.82, 2.24) is 5.32 Å². The van der Waals surface area contributed by atoms with Crippen molar-refractivity contribution in [3.05, 3.63) is 0 Å². The molecule has 2 aliphatic carbocycles. The molecular formula is C14H23NO3. The Bertz CT molecular complexity index is 315. The fourth-order valence-electron chi connectivity index (χ4n) is 3.08. The topological polar surface area (TPSA) is 66.4 Å². The highest BCUT2D eigenvalue weighted by molar-refractivity contribution is 5.85. The Labute approximate surface area is 108 Å². The zero-order chi connectivity index (χ0) is 13.0. The lowest BCUT2D eigenvalue weighted by Gasteiger charge is -2.37. The minimum absolute atomic E-state index is 0.0657. The van der Waals surface area contributed by atoms with Crippen molar-refractivity contribution in [2.24, 2.45) is 5.41 Å². The third-order valence-electron chi connectivity index (χ3n) is 4.48. The van der Waals surface area contributed by atoms with Crippen molar-refractivity contribution in [2.75, 3.05) is 0 Å². The molecule has 2 N–H and O–H groups in total. The van der Waals surface area contributed by atoms with Gasteiger partial charge in [0.15, 0.2) is 0 Å². The number of hydrogen-bond donors (Lipinski definition) is 2. The van der Waals surface area contributed by atoms with Gasteiger partial charge in [-0.3, -0.25) is 9.59 Å². The third-order valence-corrected chi connectivity index (χ3v) is 4.48. The highest BCUT2D eigenvalue weighted by Crippen LogP contribution is 2.44. The first kappa shape index (κ1) is 13.4. The summed E-state index contributed by atoms with van der Waals surface area (Å²) in [5.74, 6) is -0.867. The summed E-state index contributed by atoms with van der Waals surface area (Å²) in [6.45, 7) is 0. The Hall–Kier alpha value is -1.06. The van der Waals surface area contributed by atoms with Gasteiger partial charge in [0.05, 0.1) is 5.41 Å². The van der Waals surface area contributed by atoms with Crippen LogP contribution in [0.1, 0.15) is 64.2 Å². The van der Waals surface area contributed by atoms with E-state index < -0.39 is 11.4 Å². The molecule has 2 aliphatic rings. The van der Waals surface area contributed by atoms with E-state index in [1.54, 1.807) is 0 Å². The Balaban J connectivity index is 1.82. The van der Waals surface area contributed by atoms with Crippen molar-refractivity contribution in [3.8, 4) is 0 Å². The van der Waals surface area contributed by atoms with Crippen molar-refractivity contribution in [3.63, 3.8) is 0 Å². The molecule has 0 heterocycles. The first-order valence-corrected chi connectivity index (χ1v) is 7.15. The number of rotatable bonds is 4. The number of aliphatic carboxylic acids is 1. The maximum atomic E-state index is 12.0. The molecule has 2 saturated carbocycles. The molecule has 0 bridgehead atoms. The molecule has 4 heteroatoms. The zero-order valence-electron chi connectivity index (χ0n) is 10.9. The van der Waals surface area contributed by atoms with Crippen molar-refractivity contribution in [1.29, 1.82) is 0 Å². The van der Waals surface area contributed by atoms with Gasteiger partial charge in [-0.2, -0.15) is 0 Å². The van der Waals surface area contributed by atoms with Crippen LogP contribution in [0.4, 0.5) is 0 Å². The fraction of sp³-hybridized carbons (Fsp3) is 0.857. The summed E-state index contributed by atoms with van der Waals surface area (Å²) in [6.07, 6.45) is 9.36. The molecule has 0 aromatic rings. The normalized spacial score (nSPS) is 23.8. The molecule has 1 amide bonds. The van der Waals surface area contributed by atoms with E-state index in [9.17, 15) is 14.7 Å². The van der Waals surface area contributed by atoms with E-state index in [0.717, 1.165) is 19.3 Å². The molecule has 4 nitrogen and oxygen atoms in total. The Kier molecular flexibility index (Phi) is 4.25. The summed E-state index contributed by atoms with van der Waals surface area (Å²) in [4.78, 5) is 23.2. The van der Waals surface area contributed by atoms with Gasteiger partial charge in [0, 0.05) is 12.5 Å². The van der Waals surface area contributed by atoms with E-state index in [0.29, 0.717) is 12.8 Å². The summed E-state index contributed by atoms with van der Waals surface area (Å²) in [7, 11) is 0. The maximum absolute atomic E-state index is 12.0. The van der Waals surface area contributed by atoms with Crippen LogP contribution in [-0.2, 0) is 9.59 Å². The molecule has 0 radical (unpaired) electrons. The van der Waals surface area contributed by atoms with Crippen molar-refractivity contribution >= 4 is 11.9 Å². The minimum Gasteiger partial charge on any atom is -0.481 e. The third kappa shape index (κ3) is 3.03. The van der Waals surface area contributed by atoms with Gasteiger partial charge in [0.1, 0.15) is 0 Å². The SMILES string of the molecule is O=C(CC1(C(=O)O)CCC1)NC1CCCCCC1. The summed E-state index contributed by atoms with van der Waals surface area (Å²) >= 11 is 0. The predicted molar refractivity (Wildman–Crippen MR) is 68.2 cm³/mol. The average molecular weight is 253 g/mol. The lowest BCUT2D eigenvalue weighted by atomic mass is 9.66. The van der Waals surface area contributed by atoms with Gasteiger partial charge in [-0.1, -0.05) is 32.1 Å². The number of nitrogens with one attached hydrogen (secondary N) is 1. The maximum Gasteiger partial charge on any atom is 0.310 e. The lowest BCUT2D eigenvalue weighted by Crippen LogP contribution is -2.44. The van der Waals surface area contributed by atoms with Gasteiger partial charge in [-0.05, 0) is 25.7 Å². The number of amides is 1. The van der Waals surface area contributed by atoms with Crippen LogP contribution in [0.5, 0.6) is 0 Å². The van der Waals surface area contributed by atoms with E-state index in [1.807, 2.05) is 0 Å². The number of carboxylic acids is 1. The van der Waals surface area contributed by atoms with E-state index >= 15 is 0 Å².